The van der Waals surface area contributed by atoms with Gasteiger partial charge < -0.3 is 20.4 Å². The molecule has 2 rings (SSSR count). The van der Waals surface area contributed by atoms with E-state index in [1.807, 2.05) is 13.0 Å². The molecule has 0 bridgehead atoms. The summed E-state index contributed by atoms with van der Waals surface area (Å²) in [5.41, 5.74) is 2.31. The maximum absolute atomic E-state index is 7.76. The van der Waals surface area contributed by atoms with Gasteiger partial charge in [-0.05, 0) is 32.9 Å². The Morgan fingerprint density at radius 2 is 2.33 bits per heavy atom. The number of methoxy groups -OCH3 is 1. The Morgan fingerprint density at radius 1 is 1.57 bits per heavy atom. The van der Waals surface area contributed by atoms with Crippen molar-refractivity contribution in [1.82, 2.24) is 10.2 Å². The number of fused-ring (bicyclic) bond motifs is 1. The summed E-state index contributed by atoms with van der Waals surface area (Å²) in [5.74, 6) is 0. The van der Waals surface area contributed by atoms with E-state index < -0.39 is 0 Å². The number of nitrogens with one attached hydrogen (secondary N) is 2. The van der Waals surface area contributed by atoms with Crippen LogP contribution in [0.5, 0.6) is 0 Å². The minimum atomic E-state index is -0.331. The molecule has 2 unspecified atom stereocenters. The number of ether oxygens (including phenoxy) is 1. The molecule has 0 radical (unpaired) electrons. The third-order valence-electron chi connectivity index (χ3n) is 4.07. The Bertz CT molecular complexity index is 530. The minimum absolute atomic E-state index is 0.146. The summed E-state index contributed by atoms with van der Waals surface area (Å²) >= 11 is 0. The predicted octanol–water partition coefficient (Wildman–Crippen LogP) is 2.62. The van der Waals surface area contributed by atoms with E-state index in [2.05, 4.69) is 47.5 Å². The number of allylic oxidation sites excluding steroid dienone is 4. The van der Waals surface area contributed by atoms with Crippen LogP contribution in [0.15, 0.2) is 47.9 Å². The third kappa shape index (κ3) is 3.10. The summed E-state index contributed by atoms with van der Waals surface area (Å²) in [6.45, 7) is 7.50. The van der Waals surface area contributed by atoms with Crippen molar-refractivity contribution in [2.45, 2.75) is 32.4 Å². The van der Waals surface area contributed by atoms with E-state index in [1.54, 1.807) is 14.0 Å². The molecule has 0 saturated carbocycles. The molecule has 0 amide bonds. The summed E-state index contributed by atoms with van der Waals surface area (Å²) in [4.78, 5) is 2.33. The van der Waals surface area contributed by atoms with Gasteiger partial charge in [0.15, 0.2) is 0 Å². The molecule has 4 nitrogen and oxygen atoms in total. The summed E-state index contributed by atoms with van der Waals surface area (Å²) in [5, 5.41) is 11.2. The predicted molar refractivity (Wildman–Crippen MR) is 87.4 cm³/mol. The van der Waals surface area contributed by atoms with Crippen molar-refractivity contribution >= 4 is 5.71 Å². The fourth-order valence-electron chi connectivity index (χ4n) is 2.86. The number of rotatable bonds is 3. The second-order valence-corrected chi connectivity index (χ2v) is 5.71. The summed E-state index contributed by atoms with van der Waals surface area (Å²) in [7, 11) is 1.76. The number of hydrogen-bond donors (Lipinski definition) is 2. The highest BCUT2D eigenvalue weighted by molar-refractivity contribution is 5.91. The van der Waals surface area contributed by atoms with Crippen LogP contribution in [-0.2, 0) is 4.74 Å². The van der Waals surface area contributed by atoms with Gasteiger partial charge in [-0.1, -0.05) is 24.3 Å². The van der Waals surface area contributed by atoms with E-state index in [1.165, 1.54) is 0 Å². The fourth-order valence-corrected chi connectivity index (χ4v) is 2.86. The van der Waals surface area contributed by atoms with Crippen LogP contribution >= 0.6 is 0 Å². The van der Waals surface area contributed by atoms with E-state index >= 15 is 0 Å². The van der Waals surface area contributed by atoms with Gasteiger partial charge in [0.2, 0.25) is 0 Å². The average molecular weight is 287 g/mol. The van der Waals surface area contributed by atoms with Gasteiger partial charge in [0.05, 0.1) is 17.4 Å². The molecule has 2 aliphatic heterocycles. The Morgan fingerprint density at radius 3 is 2.95 bits per heavy atom. The third-order valence-corrected chi connectivity index (χ3v) is 4.07. The van der Waals surface area contributed by atoms with Gasteiger partial charge in [-0.3, -0.25) is 0 Å². The molecule has 114 valence electrons. The van der Waals surface area contributed by atoms with Crippen LogP contribution < -0.4 is 5.32 Å². The highest BCUT2D eigenvalue weighted by atomic mass is 16.5. The molecule has 0 spiro atoms. The topological polar surface area (TPSA) is 48.4 Å². The van der Waals surface area contributed by atoms with Gasteiger partial charge in [-0.2, -0.15) is 0 Å². The fraction of sp³-hybridized carbons (Fsp3) is 0.471. The molecule has 0 aliphatic carbocycles. The van der Waals surface area contributed by atoms with Gasteiger partial charge >= 0.3 is 0 Å². The normalized spacial score (nSPS) is 30.9. The monoisotopic (exact) mass is 287 g/mol. The first-order valence-electron chi connectivity index (χ1n) is 7.34. The lowest BCUT2D eigenvalue weighted by atomic mass is 9.93. The summed E-state index contributed by atoms with van der Waals surface area (Å²) < 4.78 is 5.84. The molecule has 4 heteroatoms. The Kier molecular flexibility index (Phi) is 4.68. The van der Waals surface area contributed by atoms with Gasteiger partial charge in [-0.15, -0.1) is 0 Å². The van der Waals surface area contributed by atoms with Crippen LogP contribution in [0.3, 0.4) is 0 Å². The minimum Gasteiger partial charge on any atom is -0.380 e. The van der Waals surface area contributed by atoms with Crippen molar-refractivity contribution in [2.75, 3.05) is 20.2 Å². The van der Waals surface area contributed by atoms with E-state index in [-0.39, 0.29) is 11.6 Å². The molecular weight excluding hydrogens is 262 g/mol. The molecule has 0 aromatic carbocycles. The quantitative estimate of drug-likeness (QED) is 0.619. The van der Waals surface area contributed by atoms with Crippen molar-refractivity contribution in [1.29, 1.82) is 5.41 Å². The molecule has 2 atom stereocenters. The van der Waals surface area contributed by atoms with Gasteiger partial charge in [-0.25, -0.2) is 0 Å². The Balaban J connectivity index is 2.51. The van der Waals surface area contributed by atoms with E-state index in [4.69, 9.17) is 10.1 Å². The zero-order valence-corrected chi connectivity index (χ0v) is 13.3. The second kappa shape index (κ2) is 6.31. The lowest BCUT2D eigenvalue weighted by molar-refractivity contribution is -0.0308. The zero-order chi connectivity index (χ0) is 15.5. The standard InChI is InChI=1S/C17H25N3O/c1-5-8-16-17(3,21-4)12-19-14(11-13(2)18)15-9-6-7-10-20(15)16/h5-9,11,16,18-19H,10,12H2,1-4H3/b8-5?,14-11-,18-13?. The van der Waals surface area contributed by atoms with E-state index in [0.29, 0.717) is 12.3 Å². The van der Waals surface area contributed by atoms with Gasteiger partial charge in [0.25, 0.3) is 0 Å². The SMILES string of the molecule is CC=CC1N2CC=CC=C2/C(=C/C(C)=N)NCC1(C)OC. The second-order valence-electron chi connectivity index (χ2n) is 5.71. The first-order valence-corrected chi connectivity index (χ1v) is 7.34. The molecule has 0 aromatic heterocycles. The molecule has 2 N–H and O–H groups in total. The van der Waals surface area contributed by atoms with Crippen LogP contribution in [0, 0.1) is 5.41 Å². The van der Waals surface area contributed by atoms with Crippen molar-refractivity contribution in [3.05, 3.63) is 47.9 Å². The van der Waals surface area contributed by atoms with Crippen molar-refractivity contribution < 1.29 is 4.74 Å². The zero-order valence-electron chi connectivity index (χ0n) is 13.3. The van der Waals surface area contributed by atoms with Crippen LogP contribution in [-0.4, -0.2) is 42.5 Å². The summed E-state index contributed by atoms with van der Waals surface area (Å²) in [6, 6.07) is 0.146. The molecular formula is C17H25N3O. The van der Waals surface area contributed by atoms with E-state index in [0.717, 1.165) is 17.9 Å². The van der Waals surface area contributed by atoms with Gasteiger partial charge in [0.1, 0.15) is 5.60 Å². The van der Waals surface area contributed by atoms with Crippen molar-refractivity contribution in [3.8, 4) is 0 Å². The smallest absolute Gasteiger partial charge is 0.106 e. The number of nitrogens with zero attached hydrogens (tertiary/aromatic N) is 1. The van der Waals surface area contributed by atoms with Crippen molar-refractivity contribution in [2.24, 2.45) is 0 Å². The first-order chi connectivity index (χ1) is 10.0. The molecule has 2 aliphatic rings. The van der Waals surface area contributed by atoms with Crippen LogP contribution in [0.25, 0.3) is 0 Å². The lowest BCUT2D eigenvalue weighted by Crippen LogP contribution is -2.52. The highest BCUT2D eigenvalue weighted by Gasteiger charge is 2.40. The Hall–Kier alpha value is -1.81. The molecule has 2 heterocycles. The molecule has 0 aromatic rings. The number of hydrogen-bond acceptors (Lipinski definition) is 4. The van der Waals surface area contributed by atoms with Crippen LogP contribution in [0.2, 0.25) is 0 Å². The van der Waals surface area contributed by atoms with Crippen molar-refractivity contribution in [3.63, 3.8) is 0 Å². The highest BCUT2D eigenvalue weighted by Crippen LogP contribution is 2.31. The molecule has 21 heavy (non-hydrogen) atoms. The van der Waals surface area contributed by atoms with E-state index in [9.17, 15) is 0 Å². The largest absolute Gasteiger partial charge is 0.380 e. The Labute approximate surface area is 127 Å². The van der Waals surface area contributed by atoms with Gasteiger partial charge in [0, 0.05) is 25.9 Å². The lowest BCUT2D eigenvalue weighted by Gasteiger charge is -2.41. The first kappa shape index (κ1) is 15.6. The maximum Gasteiger partial charge on any atom is 0.106 e. The molecule has 1 fully saturated rings. The average Bonchev–Trinajstić information content (AvgIpc) is 2.58. The summed E-state index contributed by atoms with van der Waals surface area (Å²) in [6.07, 6.45) is 12.5. The van der Waals surface area contributed by atoms with Crippen LogP contribution in [0.4, 0.5) is 0 Å². The van der Waals surface area contributed by atoms with Crippen LogP contribution in [0.1, 0.15) is 20.8 Å². The maximum atomic E-state index is 7.76. The molecule has 1 saturated heterocycles.